The smallest absolute Gasteiger partial charge is 0.227 e. The van der Waals surface area contributed by atoms with Gasteiger partial charge in [0.2, 0.25) is 17.6 Å². The van der Waals surface area contributed by atoms with E-state index in [9.17, 15) is 4.79 Å². The van der Waals surface area contributed by atoms with Gasteiger partial charge in [0.1, 0.15) is 0 Å². The van der Waals surface area contributed by atoms with E-state index in [0.29, 0.717) is 30.6 Å². The van der Waals surface area contributed by atoms with Crippen LogP contribution in [0.25, 0.3) is 11.4 Å². The minimum absolute atomic E-state index is 0.0718. The highest BCUT2D eigenvalue weighted by atomic mass is 16.5. The molecule has 116 valence electrons. The summed E-state index contributed by atoms with van der Waals surface area (Å²) in [6.45, 7) is 2.01. The number of rotatable bonds is 5. The van der Waals surface area contributed by atoms with E-state index >= 15 is 0 Å². The van der Waals surface area contributed by atoms with Crippen LogP contribution < -0.4 is 5.32 Å². The molecule has 1 aliphatic carbocycles. The molecule has 1 fully saturated rings. The Kier molecular flexibility index (Phi) is 4.51. The Morgan fingerprint density at radius 2 is 2.09 bits per heavy atom. The second-order valence-corrected chi connectivity index (χ2v) is 5.88. The molecular weight excluding hydrogens is 278 g/mol. The molecule has 0 bridgehead atoms. The summed E-state index contributed by atoms with van der Waals surface area (Å²) in [7, 11) is 0. The minimum atomic E-state index is 0.0718. The number of aromatic nitrogens is 2. The molecule has 3 rings (SSSR count). The zero-order valence-electron chi connectivity index (χ0n) is 12.8. The molecule has 1 amide bonds. The van der Waals surface area contributed by atoms with Gasteiger partial charge in [-0.2, -0.15) is 4.98 Å². The number of benzene rings is 1. The number of hydrogen-bond donors (Lipinski definition) is 1. The van der Waals surface area contributed by atoms with Crippen LogP contribution in [0.1, 0.15) is 43.6 Å². The van der Waals surface area contributed by atoms with Crippen LogP contribution >= 0.6 is 0 Å². The van der Waals surface area contributed by atoms with Gasteiger partial charge in [0.15, 0.2) is 0 Å². The molecule has 0 atom stereocenters. The predicted molar refractivity (Wildman–Crippen MR) is 83.2 cm³/mol. The normalized spacial score (nSPS) is 15.1. The molecule has 0 saturated heterocycles. The Hall–Kier alpha value is -2.17. The zero-order valence-corrected chi connectivity index (χ0v) is 12.8. The highest BCUT2D eigenvalue weighted by molar-refractivity contribution is 5.76. The Labute approximate surface area is 130 Å². The largest absolute Gasteiger partial charge is 0.353 e. The van der Waals surface area contributed by atoms with Crippen molar-refractivity contribution in [2.24, 2.45) is 0 Å². The molecule has 1 aromatic heterocycles. The lowest BCUT2D eigenvalue weighted by Crippen LogP contribution is -2.32. The molecule has 5 nitrogen and oxygen atoms in total. The zero-order chi connectivity index (χ0) is 15.4. The maximum Gasteiger partial charge on any atom is 0.227 e. The van der Waals surface area contributed by atoms with Crippen molar-refractivity contribution < 1.29 is 9.32 Å². The van der Waals surface area contributed by atoms with Gasteiger partial charge >= 0.3 is 0 Å². The van der Waals surface area contributed by atoms with E-state index in [0.717, 1.165) is 24.0 Å². The third-order valence-electron chi connectivity index (χ3n) is 4.14. The second-order valence-electron chi connectivity index (χ2n) is 5.88. The fourth-order valence-electron chi connectivity index (χ4n) is 2.88. The molecule has 5 heteroatoms. The van der Waals surface area contributed by atoms with Gasteiger partial charge in [0.05, 0.1) is 0 Å². The number of carbonyl (C=O) groups is 1. The monoisotopic (exact) mass is 299 g/mol. The Balaban J connectivity index is 1.55. The van der Waals surface area contributed by atoms with E-state index in [2.05, 4.69) is 15.5 Å². The maximum absolute atomic E-state index is 11.9. The Morgan fingerprint density at radius 3 is 2.86 bits per heavy atom. The summed E-state index contributed by atoms with van der Waals surface area (Å²) in [5.41, 5.74) is 2.07. The van der Waals surface area contributed by atoms with E-state index in [1.54, 1.807) is 0 Å². The van der Waals surface area contributed by atoms with Crippen molar-refractivity contribution in [1.29, 1.82) is 0 Å². The van der Waals surface area contributed by atoms with Crippen LogP contribution in [0.2, 0.25) is 0 Å². The summed E-state index contributed by atoms with van der Waals surface area (Å²) in [6.07, 6.45) is 5.51. The van der Waals surface area contributed by atoms with Gasteiger partial charge in [-0.15, -0.1) is 0 Å². The molecule has 1 aromatic carbocycles. The number of aryl methyl sites for hydroxylation is 2. The van der Waals surface area contributed by atoms with E-state index in [4.69, 9.17) is 4.52 Å². The average Bonchev–Trinajstić information content (AvgIpc) is 3.17. The highest BCUT2D eigenvalue weighted by Gasteiger charge is 2.18. The topological polar surface area (TPSA) is 68.0 Å². The summed E-state index contributed by atoms with van der Waals surface area (Å²) >= 11 is 0. The number of amides is 1. The third kappa shape index (κ3) is 3.53. The first-order valence-electron chi connectivity index (χ1n) is 7.90. The van der Waals surface area contributed by atoms with E-state index < -0.39 is 0 Å². The maximum atomic E-state index is 11.9. The first-order chi connectivity index (χ1) is 10.7. The van der Waals surface area contributed by atoms with E-state index in [-0.39, 0.29) is 5.91 Å². The number of carbonyl (C=O) groups excluding carboxylic acids is 1. The SMILES string of the molecule is Cc1ccccc1-c1noc(CCC(=O)NC2CCCC2)n1. The van der Waals surface area contributed by atoms with Crippen LogP contribution in [0.3, 0.4) is 0 Å². The standard InChI is InChI=1S/C17H21N3O2/c1-12-6-2-5-9-14(12)17-19-16(22-20-17)11-10-15(21)18-13-7-3-4-8-13/h2,5-6,9,13H,3-4,7-8,10-11H2,1H3,(H,18,21). The lowest BCUT2D eigenvalue weighted by Gasteiger charge is -2.10. The molecule has 1 N–H and O–H groups in total. The summed E-state index contributed by atoms with van der Waals surface area (Å²) in [6, 6.07) is 8.27. The van der Waals surface area contributed by atoms with Crippen LogP contribution in [-0.2, 0) is 11.2 Å². The van der Waals surface area contributed by atoms with Crippen molar-refractivity contribution in [2.45, 2.75) is 51.5 Å². The molecular formula is C17H21N3O2. The highest BCUT2D eigenvalue weighted by Crippen LogP contribution is 2.20. The number of hydrogen-bond acceptors (Lipinski definition) is 4. The summed E-state index contributed by atoms with van der Waals surface area (Å²) in [5.74, 6) is 1.17. The molecule has 0 aliphatic heterocycles. The summed E-state index contributed by atoms with van der Waals surface area (Å²) in [5, 5.41) is 7.08. The predicted octanol–water partition coefficient (Wildman–Crippen LogP) is 3.04. The van der Waals surface area contributed by atoms with Crippen LogP contribution in [0, 0.1) is 6.92 Å². The Morgan fingerprint density at radius 1 is 1.32 bits per heavy atom. The van der Waals surface area contributed by atoms with Gasteiger partial charge in [-0.1, -0.05) is 42.3 Å². The van der Waals surface area contributed by atoms with Crippen LogP contribution in [0.15, 0.2) is 28.8 Å². The van der Waals surface area contributed by atoms with Crippen molar-refractivity contribution >= 4 is 5.91 Å². The van der Waals surface area contributed by atoms with Crippen LogP contribution in [-0.4, -0.2) is 22.1 Å². The molecule has 0 spiro atoms. The fourth-order valence-corrected chi connectivity index (χ4v) is 2.88. The van der Waals surface area contributed by atoms with Crippen molar-refractivity contribution in [2.75, 3.05) is 0 Å². The number of nitrogens with one attached hydrogen (secondary N) is 1. The van der Waals surface area contributed by atoms with Crippen molar-refractivity contribution in [3.05, 3.63) is 35.7 Å². The second kappa shape index (κ2) is 6.73. The van der Waals surface area contributed by atoms with Gasteiger partial charge in [-0.05, 0) is 25.3 Å². The van der Waals surface area contributed by atoms with Crippen LogP contribution in [0.4, 0.5) is 0 Å². The van der Waals surface area contributed by atoms with Crippen molar-refractivity contribution in [1.82, 2.24) is 15.5 Å². The van der Waals surface area contributed by atoms with Crippen molar-refractivity contribution in [3.63, 3.8) is 0 Å². The van der Waals surface area contributed by atoms with Gasteiger partial charge < -0.3 is 9.84 Å². The van der Waals surface area contributed by atoms with Gasteiger partial charge in [0, 0.05) is 24.4 Å². The lowest BCUT2D eigenvalue weighted by atomic mass is 10.1. The molecule has 1 heterocycles. The average molecular weight is 299 g/mol. The number of nitrogens with zero attached hydrogens (tertiary/aromatic N) is 2. The molecule has 1 aliphatic rings. The van der Waals surface area contributed by atoms with Gasteiger partial charge in [0.25, 0.3) is 0 Å². The van der Waals surface area contributed by atoms with Crippen molar-refractivity contribution in [3.8, 4) is 11.4 Å². The molecule has 0 radical (unpaired) electrons. The quantitative estimate of drug-likeness (QED) is 0.921. The van der Waals surface area contributed by atoms with Gasteiger partial charge in [-0.25, -0.2) is 0 Å². The molecule has 1 saturated carbocycles. The molecule has 2 aromatic rings. The summed E-state index contributed by atoms with van der Waals surface area (Å²) in [4.78, 5) is 16.3. The first-order valence-corrected chi connectivity index (χ1v) is 7.90. The minimum Gasteiger partial charge on any atom is -0.353 e. The molecule has 0 unspecified atom stereocenters. The lowest BCUT2D eigenvalue weighted by molar-refractivity contribution is -0.121. The third-order valence-corrected chi connectivity index (χ3v) is 4.14. The van der Waals surface area contributed by atoms with Crippen LogP contribution in [0.5, 0.6) is 0 Å². The van der Waals surface area contributed by atoms with Gasteiger partial charge in [-0.3, -0.25) is 4.79 Å². The van der Waals surface area contributed by atoms with E-state index in [1.807, 2.05) is 31.2 Å². The fraction of sp³-hybridized carbons (Fsp3) is 0.471. The summed E-state index contributed by atoms with van der Waals surface area (Å²) < 4.78 is 5.25. The molecule has 22 heavy (non-hydrogen) atoms. The first kappa shape index (κ1) is 14.8. The Bertz CT molecular complexity index is 645. The van der Waals surface area contributed by atoms with E-state index in [1.165, 1.54) is 12.8 Å².